The van der Waals surface area contributed by atoms with Crippen LogP contribution in [0.3, 0.4) is 0 Å². The third-order valence-corrected chi connectivity index (χ3v) is 14.2. The molecule has 482 valence electrons. The summed E-state index contributed by atoms with van der Waals surface area (Å²) in [6.07, 6.45) is -0.00959. The third-order valence-electron chi connectivity index (χ3n) is 13.5. The molecule has 0 saturated carbocycles. The molecule has 19 N–H and O–H groups in total. The molecule has 0 bridgehead atoms. The van der Waals surface area contributed by atoms with Crippen molar-refractivity contribution in [3.05, 3.63) is 114 Å². The monoisotopic (exact) mass is 1280 g/mol. The number of thiol groups is 2. The number of aromatic nitrogens is 2. The first-order valence-corrected chi connectivity index (χ1v) is 29.2. The number of hydrogen-bond acceptors (Lipinski definition) is 19. The van der Waals surface area contributed by atoms with Crippen LogP contribution < -0.4 is 59.3 Å². The van der Waals surface area contributed by atoms with Gasteiger partial charge >= 0.3 is 17.9 Å². The van der Waals surface area contributed by atoms with Gasteiger partial charge in [0.2, 0.25) is 53.2 Å². The Morgan fingerprint density at radius 1 is 0.483 bits per heavy atom. The Bertz CT molecular complexity index is 3060. The predicted octanol–water partition coefficient (Wildman–Crippen LogP) is -2.79. The number of amides is 9. The Labute approximate surface area is 521 Å². The molecule has 0 fully saturated rings. The van der Waals surface area contributed by atoms with Crippen LogP contribution in [0.1, 0.15) is 67.8 Å². The van der Waals surface area contributed by atoms with E-state index in [0.717, 1.165) is 0 Å². The van der Waals surface area contributed by atoms with E-state index in [1.807, 2.05) is 0 Å². The molecule has 4 aromatic rings. The van der Waals surface area contributed by atoms with Crippen LogP contribution in [0, 0.1) is 0 Å². The quantitative estimate of drug-likeness (QED) is 0.0159. The molecule has 10 atom stereocenters. The fraction of sp³-hybridized carbons (Fsp3) is 0.421. The molecule has 3 aromatic carbocycles. The van der Waals surface area contributed by atoms with Crippen LogP contribution in [-0.4, -0.2) is 185 Å². The Hall–Kier alpha value is -9.27. The average Bonchev–Trinajstić information content (AvgIpc) is 4.06. The van der Waals surface area contributed by atoms with E-state index in [1.165, 1.54) is 68.0 Å². The van der Waals surface area contributed by atoms with Gasteiger partial charge in [-0.1, -0.05) is 54.6 Å². The average molecular weight is 1280 g/mol. The summed E-state index contributed by atoms with van der Waals surface area (Å²) in [7, 11) is 0. The number of H-pyrrole nitrogens is 1. The van der Waals surface area contributed by atoms with E-state index >= 15 is 0 Å². The van der Waals surface area contributed by atoms with E-state index in [4.69, 9.17) is 11.5 Å². The maximum absolute atomic E-state index is 14.4. The van der Waals surface area contributed by atoms with E-state index in [1.54, 1.807) is 30.3 Å². The summed E-state index contributed by atoms with van der Waals surface area (Å²) >= 11 is 8.34. The second-order valence-corrected chi connectivity index (χ2v) is 21.3. The van der Waals surface area contributed by atoms with Gasteiger partial charge in [0.15, 0.2) is 0 Å². The highest BCUT2D eigenvalue weighted by atomic mass is 32.1. The fourth-order valence-corrected chi connectivity index (χ4v) is 9.10. The number of benzene rings is 3. The van der Waals surface area contributed by atoms with Gasteiger partial charge in [-0.15, -0.1) is 0 Å². The number of imidazole rings is 1. The van der Waals surface area contributed by atoms with Gasteiger partial charge in [-0.25, -0.2) is 9.78 Å². The van der Waals surface area contributed by atoms with Crippen molar-refractivity contribution in [1.29, 1.82) is 0 Å². The van der Waals surface area contributed by atoms with Crippen LogP contribution in [0.15, 0.2) is 91.4 Å². The van der Waals surface area contributed by atoms with Gasteiger partial charge in [0.05, 0.1) is 18.8 Å². The van der Waals surface area contributed by atoms with Crippen LogP contribution in [0.2, 0.25) is 0 Å². The number of nitrogens with one attached hydrogen (secondary N) is 10. The standard InChI is InChI=1S/C57H75N13O17S2/c1-30(62-50(79)38(9-5-6-20-58)64-54(83)42(25-47(75)76)67-55(84)44(27-88)69-49(78)37(59)21-32-10-14-35(71)15-11-32)48(77)63-39(18-19-46(73)74)51(80)66-41(24-34-26-60-29-61-34)53(82)65-40(22-31-7-3-2-4-8-31)52(81)70-45(28-89)56(85)68-43(57(86)87)23-33-12-16-36(72)17-13-33/h2-4,7-8,10-17,26,29-30,37-45,71-72,88-89H,5-6,9,18-25,27-28,58-59H2,1H3,(H,60,61)(H,62,79)(H,63,77)(H,64,83)(H,65,82)(H,66,80)(H,67,84)(H,68,85)(H,69,78)(H,70,81)(H,73,74)(H,75,76)(H,86,87)/t30-,37-,38-,39-,40-,41-,42-,43-,44-,45-/m0/s1. The molecule has 0 unspecified atom stereocenters. The molecule has 9 amide bonds. The molecule has 1 heterocycles. The number of aromatic amines is 1. The number of aromatic hydroxyl groups is 2. The number of carbonyl (C=O) groups is 12. The van der Waals surface area contributed by atoms with Crippen molar-refractivity contribution in [2.24, 2.45) is 11.5 Å². The second kappa shape index (κ2) is 36.8. The number of nitrogens with zero attached hydrogens (tertiary/aromatic N) is 1. The number of carboxylic acid groups (broad SMARTS) is 3. The molecule has 89 heavy (non-hydrogen) atoms. The van der Waals surface area contributed by atoms with Crippen LogP contribution in [0.25, 0.3) is 0 Å². The molecule has 30 nitrogen and oxygen atoms in total. The SMILES string of the molecule is C[C@H](NC(=O)[C@H](CCCCN)NC(=O)[C@H](CC(=O)O)NC(=O)[C@H](CS)NC(=O)[C@@H](N)Cc1ccc(O)cc1)C(=O)N[C@@H](CCC(=O)O)C(=O)N[C@@H](Cc1cnc[nH]1)C(=O)N[C@@H](Cc1ccccc1)C(=O)N[C@@H](CS)C(=O)N[C@@H](Cc1ccc(O)cc1)C(=O)O. The fourth-order valence-electron chi connectivity index (χ4n) is 8.59. The van der Waals surface area contributed by atoms with Crippen molar-refractivity contribution in [2.75, 3.05) is 18.1 Å². The molecule has 0 aliphatic heterocycles. The Kier molecular flexibility index (Phi) is 29.8. The number of nitrogens with two attached hydrogens (primary N) is 2. The minimum Gasteiger partial charge on any atom is -0.508 e. The van der Waals surface area contributed by atoms with Crippen molar-refractivity contribution in [2.45, 2.75) is 132 Å². The number of rotatable bonds is 38. The lowest BCUT2D eigenvalue weighted by atomic mass is 10.0. The highest BCUT2D eigenvalue weighted by Gasteiger charge is 2.36. The largest absolute Gasteiger partial charge is 0.508 e. The first kappa shape index (κ1) is 72.2. The molecule has 0 radical (unpaired) electrons. The first-order valence-electron chi connectivity index (χ1n) is 27.9. The number of hydrogen-bond donors (Lipinski definition) is 19. The van der Waals surface area contributed by atoms with Gasteiger partial charge in [0.1, 0.15) is 65.9 Å². The van der Waals surface area contributed by atoms with E-state index in [2.05, 4.69) is 83.1 Å². The normalized spacial score (nSPS) is 14.3. The second-order valence-electron chi connectivity index (χ2n) is 20.6. The number of phenols is 2. The van der Waals surface area contributed by atoms with Crippen LogP contribution in [0.4, 0.5) is 0 Å². The van der Waals surface area contributed by atoms with E-state index in [0.29, 0.717) is 23.1 Å². The zero-order chi connectivity index (χ0) is 65.7. The van der Waals surface area contributed by atoms with Crippen molar-refractivity contribution in [3.8, 4) is 11.5 Å². The van der Waals surface area contributed by atoms with Crippen LogP contribution in [-0.2, 0) is 83.2 Å². The summed E-state index contributed by atoms with van der Waals surface area (Å²) in [5.74, 6) is -14.2. The number of aliphatic carboxylic acids is 3. The maximum atomic E-state index is 14.4. The molecule has 1 aromatic heterocycles. The number of unbranched alkanes of at least 4 members (excludes halogenated alkanes) is 1. The zero-order valence-corrected chi connectivity index (χ0v) is 50.0. The lowest BCUT2D eigenvalue weighted by molar-refractivity contribution is -0.142. The maximum Gasteiger partial charge on any atom is 0.326 e. The van der Waals surface area contributed by atoms with Gasteiger partial charge in [0.25, 0.3) is 0 Å². The highest BCUT2D eigenvalue weighted by molar-refractivity contribution is 7.80. The smallest absolute Gasteiger partial charge is 0.326 e. The molecular formula is C57H75N13O17S2. The Morgan fingerprint density at radius 2 is 0.910 bits per heavy atom. The summed E-state index contributed by atoms with van der Waals surface area (Å²) in [6, 6.07) is 4.46. The summed E-state index contributed by atoms with van der Waals surface area (Å²) in [4.78, 5) is 167. The Morgan fingerprint density at radius 3 is 1.43 bits per heavy atom. The van der Waals surface area contributed by atoms with E-state index < -0.39 is 151 Å². The molecule has 0 aliphatic carbocycles. The predicted molar refractivity (Wildman–Crippen MR) is 324 cm³/mol. The third kappa shape index (κ3) is 25.2. The van der Waals surface area contributed by atoms with Gasteiger partial charge in [-0.2, -0.15) is 25.3 Å². The minimum atomic E-state index is -1.84. The zero-order valence-electron chi connectivity index (χ0n) is 48.3. The highest BCUT2D eigenvalue weighted by Crippen LogP contribution is 2.15. The van der Waals surface area contributed by atoms with E-state index in [-0.39, 0.29) is 73.8 Å². The number of carboxylic acids is 3. The Balaban J connectivity index is 1.51. The molecule has 0 spiro atoms. The lowest BCUT2D eigenvalue weighted by Gasteiger charge is -2.27. The van der Waals surface area contributed by atoms with Gasteiger partial charge in [0, 0.05) is 49.1 Å². The summed E-state index contributed by atoms with van der Waals surface area (Å²) in [5, 5.41) is 70.4. The number of carbonyl (C=O) groups excluding carboxylic acids is 9. The van der Waals surface area contributed by atoms with E-state index in [9.17, 15) is 83.1 Å². The minimum absolute atomic E-state index is 0.000180. The van der Waals surface area contributed by atoms with Gasteiger partial charge < -0.3 is 89.8 Å². The van der Waals surface area contributed by atoms with Crippen LogP contribution in [0.5, 0.6) is 11.5 Å². The van der Waals surface area contributed by atoms with Crippen molar-refractivity contribution in [1.82, 2.24) is 57.8 Å². The number of phenolic OH excluding ortho intramolecular Hbond substituents is 2. The summed E-state index contributed by atoms with van der Waals surface area (Å²) in [6.45, 7) is 1.34. The topological polar surface area (TPSA) is 495 Å². The molecule has 4 rings (SSSR count). The van der Waals surface area contributed by atoms with Gasteiger partial charge in [-0.3, -0.25) is 52.7 Å². The molecular weight excluding hydrogens is 1200 g/mol. The summed E-state index contributed by atoms with van der Waals surface area (Å²) < 4.78 is 0. The lowest BCUT2D eigenvalue weighted by Crippen LogP contribution is -2.61. The first-order chi connectivity index (χ1) is 42.3. The molecule has 0 saturated heterocycles. The molecule has 32 heteroatoms. The van der Waals surface area contributed by atoms with Crippen LogP contribution >= 0.6 is 25.3 Å². The molecule has 0 aliphatic rings. The van der Waals surface area contributed by atoms with Gasteiger partial charge in [-0.05, 0) is 86.5 Å². The van der Waals surface area contributed by atoms with Crippen molar-refractivity contribution in [3.63, 3.8) is 0 Å². The van der Waals surface area contributed by atoms with Crippen molar-refractivity contribution < 1.29 is 83.1 Å². The summed E-state index contributed by atoms with van der Waals surface area (Å²) in [5.41, 5.74) is 13.6. The van der Waals surface area contributed by atoms with Crippen molar-refractivity contribution >= 4 is 96.3 Å².